The van der Waals surface area contributed by atoms with Gasteiger partial charge in [0.25, 0.3) is 11.9 Å². The highest BCUT2D eigenvalue weighted by Gasteiger charge is 2.62. The van der Waals surface area contributed by atoms with Gasteiger partial charge in [-0.15, -0.1) is 0 Å². The number of anilines is 1. The lowest BCUT2D eigenvalue weighted by Gasteiger charge is -2.36. The van der Waals surface area contributed by atoms with Crippen LogP contribution < -0.4 is 11.1 Å². The van der Waals surface area contributed by atoms with Crippen molar-refractivity contribution in [3.8, 4) is 0 Å². The summed E-state index contributed by atoms with van der Waals surface area (Å²) in [7, 11) is 0. The smallest absolute Gasteiger partial charge is 0.415 e. The van der Waals surface area contributed by atoms with Crippen LogP contribution >= 0.6 is 0 Å². The molecule has 10 heteroatoms. The van der Waals surface area contributed by atoms with E-state index in [1.54, 1.807) is 42.5 Å². The number of allylic oxidation sites excluding steroid dienone is 6. The molecule has 0 radical (unpaired) electrons. The van der Waals surface area contributed by atoms with Crippen LogP contribution in [0, 0.1) is 11.7 Å². The number of nitrogens with one attached hydrogen (secondary N) is 1. The SMILES string of the molecule is NC1=NC2(c3cc(NC(=O)C4=CC=CC=CC=C4)ccc3F)CO[C@H](C(F)(F)F)C2CO1. The lowest BCUT2D eigenvalue weighted by Crippen LogP contribution is -2.48. The van der Waals surface area contributed by atoms with E-state index in [1.165, 1.54) is 12.1 Å². The first kappa shape index (κ1) is 21.8. The zero-order chi connectivity index (χ0) is 22.9. The molecule has 0 bridgehead atoms. The number of halogens is 4. The predicted molar refractivity (Wildman–Crippen MR) is 109 cm³/mol. The summed E-state index contributed by atoms with van der Waals surface area (Å²) in [6, 6.07) is 3.28. The number of amides is 1. The van der Waals surface area contributed by atoms with Crippen molar-refractivity contribution in [2.75, 3.05) is 18.5 Å². The molecule has 1 saturated heterocycles. The predicted octanol–water partition coefficient (Wildman–Crippen LogP) is 3.49. The van der Waals surface area contributed by atoms with Crippen molar-refractivity contribution in [1.82, 2.24) is 0 Å². The molecular formula is C22H19F4N3O3. The first-order valence-corrected chi connectivity index (χ1v) is 9.70. The van der Waals surface area contributed by atoms with Crippen LogP contribution in [-0.4, -0.2) is 37.4 Å². The molecule has 6 nitrogen and oxygen atoms in total. The van der Waals surface area contributed by atoms with Gasteiger partial charge in [-0.05, 0) is 30.4 Å². The van der Waals surface area contributed by atoms with Crippen molar-refractivity contribution in [3.63, 3.8) is 0 Å². The number of benzene rings is 1. The molecular weight excluding hydrogens is 430 g/mol. The molecule has 2 heterocycles. The Morgan fingerprint density at radius 2 is 1.94 bits per heavy atom. The Balaban J connectivity index is 1.69. The number of hydrogen-bond donors (Lipinski definition) is 2. The number of amidine groups is 1. The van der Waals surface area contributed by atoms with Gasteiger partial charge in [-0.25, -0.2) is 9.38 Å². The van der Waals surface area contributed by atoms with Crippen molar-refractivity contribution in [1.29, 1.82) is 0 Å². The lowest BCUT2D eigenvalue weighted by atomic mass is 9.77. The van der Waals surface area contributed by atoms with E-state index in [9.17, 15) is 22.4 Å². The molecule has 0 saturated carbocycles. The molecule has 1 aliphatic carbocycles. The number of carbonyl (C=O) groups is 1. The van der Waals surface area contributed by atoms with Crippen molar-refractivity contribution in [2.24, 2.45) is 16.6 Å². The highest BCUT2D eigenvalue weighted by atomic mass is 19.4. The van der Waals surface area contributed by atoms with Gasteiger partial charge < -0.3 is 20.5 Å². The molecule has 168 valence electrons. The van der Waals surface area contributed by atoms with Gasteiger partial charge in [0.1, 0.15) is 11.4 Å². The van der Waals surface area contributed by atoms with Crippen LogP contribution in [0.15, 0.2) is 71.3 Å². The standard InChI is InChI=1S/C22H19F4N3O3/c23-17-9-8-14(28-19(30)13-6-4-2-1-3-5-7-13)10-15(17)21-12-32-18(22(24,25)26)16(21)11-31-20(27)29-21/h1-10,16,18H,11-12H2,(H2,27,29)(H,28,30)/t16?,18-,21?/m0/s1. The van der Waals surface area contributed by atoms with E-state index in [0.717, 1.165) is 6.07 Å². The third-order valence-electron chi connectivity index (χ3n) is 5.45. The minimum absolute atomic E-state index is 0.164. The molecule has 1 fully saturated rings. The molecule has 2 unspecified atom stereocenters. The number of alkyl halides is 3. The lowest BCUT2D eigenvalue weighted by molar-refractivity contribution is -0.219. The topological polar surface area (TPSA) is 85.9 Å². The first-order valence-electron chi connectivity index (χ1n) is 9.70. The number of ether oxygens (including phenoxy) is 2. The quantitative estimate of drug-likeness (QED) is 0.692. The van der Waals surface area contributed by atoms with Gasteiger partial charge in [0.2, 0.25) is 0 Å². The molecule has 1 aromatic carbocycles. The number of carbonyl (C=O) groups excluding carboxylic acids is 1. The van der Waals surface area contributed by atoms with E-state index in [2.05, 4.69) is 10.3 Å². The van der Waals surface area contributed by atoms with Gasteiger partial charge >= 0.3 is 6.18 Å². The molecule has 1 amide bonds. The maximum absolute atomic E-state index is 14.9. The zero-order valence-electron chi connectivity index (χ0n) is 16.6. The second-order valence-corrected chi connectivity index (χ2v) is 7.46. The molecule has 3 aliphatic rings. The largest absolute Gasteiger partial charge is 0.465 e. The van der Waals surface area contributed by atoms with E-state index < -0.39 is 48.7 Å². The van der Waals surface area contributed by atoms with Gasteiger partial charge in [0.05, 0.1) is 19.1 Å². The van der Waals surface area contributed by atoms with E-state index >= 15 is 0 Å². The van der Waals surface area contributed by atoms with Crippen molar-refractivity contribution in [3.05, 3.63) is 77.7 Å². The molecule has 32 heavy (non-hydrogen) atoms. The van der Waals surface area contributed by atoms with Crippen LogP contribution in [-0.2, 0) is 19.8 Å². The summed E-state index contributed by atoms with van der Waals surface area (Å²) < 4.78 is 65.4. The van der Waals surface area contributed by atoms with Crippen LogP contribution in [0.25, 0.3) is 0 Å². The van der Waals surface area contributed by atoms with Gasteiger partial charge in [0.15, 0.2) is 6.10 Å². The molecule has 0 spiro atoms. The highest BCUT2D eigenvalue weighted by molar-refractivity contribution is 6.06. The third kappa shape index (κ3) is 4.05. The number of nitrogens with zero attached hydrogens (tertiary/aromatic N) is 1. The van der Waals surface area contributed by atoms with Crippen LogP contribution in [0.4, 0.5) is 23.2 Å². The summed E-state index contributed by atoms with van der Waals surface area (Å²) in [5.41, 5.74) is 4.26. The first-order chi connectivity index (χ1) is 15.2. The third-order valence-corrected chi connectivity index (χ3v) is 5.45. The number of aliphatic imine (C=N–C) groups is 1. The fourth-order valence-corrected chi connectivity index (χ4v) is 3.95. The van der Waals surface area contributed by atoms with Crippen LogP contribution in [0.3, 0.4) is 0 Å². The summed E-state index contributed by atoms with van der Waals surface area (Å²) in [5, 5.41) is 2.64. The van der Waals surface area contributed by atoms with Gasteiger partial charge in [-0.3, -0.25) is 4.79 Å². The van der Waals surface area contributed by atoms with Crippen molar-refractivity contribution < 1.29 is 31.8 Å². The highest BCUT2D eigenvalue weighted by Crippen LogP contribution is 2.50. The summed E-state index contributed by atoms with van der Waals surface area (Å²) in [5.74, 6) is -2.61. The molecule has 3 atom stereocenters. The summed E-state index contributed by atoms with van der Waals surface area (Å²) in [6.45, 7) is -0.974. The summed E-state index contributed by atoms with van der Waals surface area (Å²) >= 11 is 0. The Labute approximate surface area is 180 Å². The van der Waals surface area contributed by atoms with Crippen molar-refractivity contribution >= 4 is 17.6 Å². The van der Waals surface area contributed by atoms with E-state index in [0.29, 0.717) is 5.57 Å². The Bertz CT molecular complexity index is 1070. The normalized spacial score (nSPS) is 27.0. The van der Waals surface area contributed by atoms with Crippen LogP contribution in [0.5, 0.6) is 0 Å². The second kappa shape index (κ2) is 8.27. The Morgan fingerprint density at radius 3 is 2.72 bits per heavy atom. The molecule has 1 aromatic rings. The monoisotopic (exact) mass is 449 g/mol. The molecule has 2 aliphatic heterocycles. The maximum Gasteiger partial charge on any atom is 0.415 e. The minimum atomic E-state index is -4.70. The van der Waals surface area contributed by atoms with Gasteiger partial charge in [-0.2, -0.15) is 13.2 Å². The van der Waals surface area contributed by atoms with Gasteiger partial charge in [0, 0.05) is 16.8 Å². The average molecular weight is 449 g/mol. The Hall–Kier alpha value is -3.40. The fraction of sp³-hybridized carbons (Fsp3) is 0.273. The minimum Gasteiger partial charge on any atom is -0.465 e. The fourth-order valence-electron chi connectivity index (χ4n) is 3.95. The zero-order valence-corrected chi connectivity index (χ0v) is 16.6. The van der Waals surface area contributed by atoms with Crippen LogP contribution in [0.2, 0.25) is 0 Å². The molecule has 4 rings (SSSR count). The van der Waals surface area contributed by atoms with E-state index in [4.69, 9.17) is 15.2 Å². The summed E-state index contributed by atoms with van der Waals surface area (Å²) in [4.78, 5) is 16.7. The number of nitrogens with two attached hydrogens (primary N) is 1. The molecule has 3 N–H and O–H groups in total. The second-order valence-electron chi connectivity index (χ2n) is 7.46. The Kier molecular flexibility index (Phi) is 5.64. The summed E-state index contributed by atoms with van der Waals surface area (Å²) in [6.07, 6.45) is 4.95. The van der Waals surface area contributed by atoms with Crippen molar-refractivity contribution in [2.45, 2.75) is 17.8 Å². The number of hydrogen-bond acceptors (Lipinski definition) is 5. The van der Waals surface area contributed by atoms with Gasteiger partial charge in [-0.1, -0.05) is 30.4 Å². The van der Waals surface area contributed by atoms with Crippen LogP contribution in [0.1, 0.15) is 5.56 Å². The number of fused-ring (bicyclic) bond motifs is 1. The number of rotatable bonds is 3. The molecule has 0 aromatic heterocycles. The average Bonchev–Trinajstić information content (AvgIpc) is 3.09. The maximum atomic E-state index is 14.9. The van der Waals surface area contributed by atoms with E-state index in [1.807, 2.05) is 0 Å². The Morgan fingerprint density at radius 1 is 1.19 bits per heavy atom. The van der Waals surface area contributed by atoms with E-state index in [-0.39, 0.29) is 17.3 Å².